The molecule has 0 spiro atoms. The number of Topliss-reactive ketones (excluding diaryl/α,β-unsaturated/α-hetero) is 1. The summed E-state index contributed by atoms with van der Waals surface area (Å²) in [6.45, 7) is 2.39. The van der Waals surface area contributed by atoms with Gasteiger partial charge in [-0.1, -0.05) is 29.8 Å². The van der Waals surface area contributed by atoms with Gasteiger partial charge in [-0.2, -0.15) is 0 Å². The summed E-state index contributed by atoms with van der Waals surface area (Å²) in [5.74, 6) is 1.24. The lowest BCUT2D eigenvalue weighted by Crippen LogP contribution is -2.24. The van der Waals surface area contributed by atoms with Crippen LogP contribution in [0.5, 0.6) is 11.5 Å². The van der Waals surface area contributed by atoms with Crippen LogP contribution in [-0.2, 0) is 0 Å². The maximum atomic E-state index is 12.1. The monoisotopic (exact) mass is 391 g/mol. The Bertz CT molecular complexity index is 1110. The summed E-state index contributed by atoms with van der Waals surface area (Å²) < 4.78 is 5.90. The average Bonchev–Trinajstić information content (AvgIpc) is 2.71. The highest BCUT2D eigenvalue weighted by molar-refractivity contribution is 6.31. The number of aliphatic imine (C=N–C) groups is 1. The summed E-state index contributed by atoms with van der Waals surface area (Å²) in [4.78, 5) is 20.7. The first-order chi connectivity index (χ1) is 13.5. The summed E-state index contributed by atoms with van der Waals surface area (Å²) in [7, 11) is 0. The van der Waals surface area contributed by atoms with Crippen LogP contribution in [-0.4, -0.2) is 29.6 Å². The van der Waals surface area contributed by atoms with Crippen molar-refractivity contribution in [1.82, 2.24) is 4.98 Å². The molecule has 5 nitrogen and oxygen atoms in total. The van der Waals surface area contributed by atoms with Crippen LogP contribution in [0.1, 0.15) is 21.5 Å². The number of hydrogen-bond donors (Lipinski definition) is 1. The van der Waals surface area contributed by atoms with Gasteiger partial charge in [-0.05, 0) is 42.3 Å². The molecule has 140 valence electrons. The zero-order valence-electron chi connectivity index (χ0n) is 15.3. The van der Waals surface area contributed by atoms with Gasteiger partial charge in [0.05, 0.1) is 11.9 Å². The predicted octanol–water partition coefficient (Wildman–Crippen LogP) is 4.45. The van der Waals surface area contributed by atoms with Crippen LogP contribution in [0.2, 0.25) is 5.02 Å². The van der Waals surface area contributed by atoms with Crippen LogP contribution in [0.3, 0.4) is 0 Å². The average molecular weight is 392 g/mol. The highest BCUT2D eigenvalue weighted by Gasteiger charge is 2.20. The molecular weight excluding hydrogens is 374 g/mol. The van der Waals surface area contributed by atoms with Gasteiger partial charge in [0.1, 0.15) is 18.0 Å². The fraction of sp³-hybridized carbons (Fsp3) is 0.136. The highest BCUT2D eigenvalue weighted by Crippen LogP contribution is 2.30. The summed E-state index contributed by atoms with van der Waals surface area (Å²) in [5.41, 5.74) is 10.8. The van der Waals surface area contributed by atoms with Gasteiger partial charge >= 0.3 is 0 Å². The van der Waals surface area contributed by atoms with E-state index >= 15 is 0 Å². The van der Waals surface area contributed by atoms with E-state index in [1.165, 1.54) is 0 Å². The lowest BCUT2D eigenvalue weighted by atomic mass is 9.93. The smallest absolute Gasteiger partial charge is 0.184 e. The molecule has 0 saturated carbocycles. The maximum Gasteiger partial charge on any atom is 0.184 e. The molecule has 0 aliphatic carbocycles. The molecular formula is C22H18ClN3O2. The minimum atomic E-state index is 0.00482. The lowest BCUT2D eigenvalue weighted by Gasteiger charge is -2.16. The van der Waals surface area contributed by atoms with E-state index in [-0.39, 0.29) is 12.3 Å². The predicted molar refractivity (Wildman–Crippen MR) is 111 cm³/mol. The second-order valence-electron chi connectivity index (χ2n) is 6.57. The van der Waals surface area contributed by atoms with E-state index in [0.29, 0.717) is 28.6 Å². The van der Waals surface area contributed by atoms with Crippen LogP contribution in [0.4, 0.5) is 0 Å². The van der Waals surface area contributed by atoms with Crippen LogP contribution in [0, 0.1) is 6.92 Å². The van der Waals surface area contributed by atoms with Crippen molar-refractivity contribution in [2.24, 2.45) is 10.7 Å². The first kappa shape index (κ1) is 18.3. The molecule has 4 rings (SSSR count). The Kier molecular flexibility index (Phi) is 4.94. The number of hydrogen-bond acceptors (Lipinski definition) is 5. The number of rotatable bonds is 4. The minimum absolute atomic E-state index is 0.00482. The van der Waals surface area contributed by atoms with E-state index in [4.69, 9.17) is 22.1 Å². The van der Waals surface area contributed by atoms with Crippen LogP contribution in [0.25, 0.3) is 11.1 Å². The Labute approximate surface area is 167 Å². The van der Waals surface area contributed by atoms with Crippen molar-refractivity contribution in [2.75, 3.05) is 13.1 Å². The number of ether oxygens (including phenoxy) is 1. The Morgan fingerprint density at radius 2 is 1.89 bits per heavy atom. The third-order valence-electron chi connectivity index (χ3n) is 4.66. The third-order valence-corrected chi connectivity index (χ3v) is 5.07. The van der Waals surface area contributed by atoms with Gasteiger partial charge in [-0.15, -0.1) is 0 Å². The molecule has 0 fully saturated rings. The second-order valence-corrected chi connectivity index (χ2v) is 6.98. The Hall–Kier alpha value is -3.02. The molecule has 3 aromatic rings. The number of halogens is 1. The van der Waals surface area contributed by atoms with E-state index in [2.05, 4.69) is 9.98 Å². The number of carbonyl (C=O) groups is 1. The maximum absolute atomic E-state index is 12.1. The van der Waals surface area contributed by atoms with E-state index in [0.717, 1.165) is 28.0 Å². The summed E-state index contributed by atoms with van der Waals surface area (Å²) in [5, 5.41) is 0.648. The lowest BCUT2D eigenvalue weighted by molar-refractivity contribution is 0.1000. The SMILES string of the molecule is Cc1ccc(Oc2cncc(-c3ccc4c(c3)C(CN)=NCC4=O)c2)cc1Cl. The number of carbonyl (C=O) groups excluding carboxylic acids is 1. The van der Waals surface area contributed by atoms with Gasteiger partial charge < -0.3 is 10.5 Å². The van der Waals surface area contributed by atoms with Crippen molar-refractivity contribution in [3.8, 4) is 22.6 Å². The number of benzene rings is 2. The van der Waals surface area contributed by atoms with Crippen LogP contribution in [0.15, 0.2) is 59.9 Å². The first-order valence-corrected chi connectivity index (χ1v) is 9.23. The molecule has 1 aliphatic rings. The van der Waals surface area contributed by atoms with Gasteiger partial charge in [0.2, 0.25) is 0 Å². The van der Waals surface area contributed by atoms with Crippen molar-refractivity contribution in [1.29, 1.82) is 0 Å². The zero-order valence-corrected chi connectivity index (χ0v) is 16.0. The van der Waals surface area contributed by atoms with Gasteiger partial charge in [0.25, 0.3) is 0 Å². The third kappa shape index (κ3) is 3.54. The quantitative estimate of drug-likeness (QED) is 0.712. The Balaban J connectivity index is 1.67. The number of aryl methyl sites for hydroxylation is 1. The number of pyridine rings is 1. The number of nitrogens with two attached hydrogens (primary N) is 1. The molecule has 0 atom stereocenters. The molecule has 2 aromatic carbocycles. The largest absolute Gasteiger partial charge is 0.456 e. The molecule has 0 saturated heterocycles. The summed E-state index contributed by atoms with van der Waals surface area (Å²) in [6.07, 6.45) is 3.40. The Morgan fingerprint density at radius 1 is 1.04 bits per heavy atom. The van der Waals surface area contributed by atoms with Crippen molar-refractivity contribution >= 4 is 23.1 Å². The summed E-state index contributed by atoms with van der Waals surface area (Å²) >= 11 is 6.17. The van der Waals surface area contributed by atoms with Gasteiger partial charge in [-0.3, -0.25) is 14.8 Å². The number of aromatic nitrogens is 1. The fourth-order valence-electron chi connectivity index (χ4n) is 3.12. The molecule has 0 bridgehead atoms. The fourth-order valence-corrected chi connectivity index (χ4v) is 3.29. The van der Waals surface area contributed by atoms with Crippen molar-refractivity contribution in [3.63, 3.8) is 0 Å². The van der Waals surface area contributed by atoms with Gasteiger partial charge in [0.15, 0.2) is 5.78 Å². The normalized spacial score (nSPS) is 13.1. The number of fused-ring (bicyclic) bond motifs is 1. The molecule has 1 aliphatic heterocycles. The molecule has 1 aromatic heterocycles. The molecule has 2 N–H and O–H groups in total. The minimum Gasteiger partial charge on any atom is -0.456 e. The topological polar surface area (TPSA) is 77.6 Å². The molecule has 0 amide bonds. The van der Waals surface area contributed by atoms with Crippen LogP contribution < -0.4 is 10.5 Å². The van der Waals surface area contributed by atoms with Crippen molar-refractivity contribution in [2.45, 2.75) is 6.92 Å². The van der Waals surface area contributed by atoms with Crippen LogP contribution >= 0.6 is 11.6 Å². The second kappa shape index (κ2) is 7.54. The van der Waals surface area contributed by atoms with Crippen molar-refractivity contribution < 1.29 is 9.53 Å². The molecule has 2 heterocycles. The van der Waals surface area contributed by atoms with E-state index in [1.54, 1.807) is 18.5 Å². The van der Waals surface area contributed by atoms with E-state index < -0.39 is 0 Å². The first-order valence-electron chi connectivity index (χ1n) is 8.85. The van der Waals surface area contributed by atoms with E-state index in [9.17, 15) is 4.79 Å². The summed E-state index contributed by atoms with van der Waals surface area (Å²) in [6, 6.07) is 13.1. The standard InChI is InChI=1S/C22H18ClN3O2/c1-13-2-4-16(8-20(13)23)28-17-6-15(10-25-11-17)14-3-5-18-19(7-14)21(9-24)26-12-22(18)27/h2-8,10-11H,9,12,24H2,1H3. The molecule has 0 radical (unpaired) electrons. The Morgan fingerprint density at radius 3 is 2.68 bits per heavy atom. The molecule has 6 heteroatoms. The highest BCUT2D eigenvalue weighted by atomic mass is 35.5. The number of nitrogens with zero attached hydrogens (tertiary/aromatic N) is 2. The van der Waals surface area contributed by atoms with E-state index in [1.807, 2.05) is 43.3 Å². The number of ketones is 1. The van der Waals surface area contributed by atoms with Crippen molar-refractivity contribution in [3.05, 3.63) is 76.6 Å². The van der Waals surface area contributed by atoms with Gasteiger partial charge in [-0.25, -0.2) is 0 Å². The van der Waals surface area contributed by atoms with Gasteiger partial charge in [0, 0.05) is 34.5 Å². The zero-order chi connectivity index (χ0) is 19.7. The molecule has 0 unspecified atom stereocenters. The molecule has 28 heavy (non-hydrogen) atoms.